The van der Waals surface area contributed by atoms with E-state index in [9.17, 15) is 0 Å². The maximum Gasteiger partial charge on any atom is 0.119 e. The Kier molecular flexibility index (Phi) is 5.11. The summed E-state index contributed by atoms with van der Waals surface area (Å²) in [5, 5.41) is -0.141. The molecule has 1 nitrogen and oxygen atoms in total. The summed E-state index contributed by atoms with van der Waals surface area (Å²) in [6.45, 7) is 6.82. The van der Waals surface area contributed by atoms with E-state index in [-0.39, 0.29) is 5.38 Å². The molecule has 0 saturated heterocycles. The molecule has 0 amide bonds. The van der Waals surface area contributed by atoms with Crippen molar-refractivity contribution in [2.45, 2.75) is 26.1 Å². The van der Waals surface area contributed by atoms with Crippen LogP contribution in [0.25, 0.3) is 0 Å². The molecule has 2 aromatic carbocycles. The van der Waals surface area contributed by atoms with Gasteiger partial charge in [-0.1, -0.05) is 34.1 Å². The highest BCUT2D eigenvalue weighted by Gasteiger charge is 2.14. The van der Waals surface area contributed by atoms with Crippen LogP contribution >= 0.6 is 27.5 Å². The standard InChI is InChI=1S/C17H18BrClO/c1-4-20-14-7-5-13(6-8-14)17(19)15-9-12(3)16(18)10-11(15)2/h5-10,17H,4H2,1-3H3. The van der Waals surface area contributed by atoms with Crippen LogP contribution in [0.3, 0.4) is 0 Å². The predicted molar refractivity (Wildman–Crippen MR) is 88.9 cm³/mol. The smallest absolute Gasteiger partial charge is 0.119 e. The van der Waals surface area contributed by atoms with Crippen LogP contribution in [0.1, 0.15) is 34.6 Å². The van der Waals surface area contributed by atoms with Gasteiger partial charge < -0.3 is 4.74 Å². The average Bonchev–Trinajstić information content (AvgIpc) is 2.43. The summed E-state index contributed by atoms with van der Waals surface area (Å²) in [5.74, 6) is 0.879. The Hall–Kier alpha value is -0.990. The van der Waals surface area contributed by atoms with E-state index in [2.05, 4.69) is 41.9 Å². The van der Waals surface area contributed by atoms with E-state index < -0.39 is 0 Å². The van der Waals surface area contributed by atoms with Crippen LogP contribution in [-0.4, -0.2) is 6.61 Å². The molecule has 0 aliphatic rings. The minimum atomic E-state index is -0.141. The summed E-state index contributed by atoms with van der Waals surface area (Å²) in [6, 6.07) is 12.3. The van der Waals surface area contributed by atoms with Gasteiger partial charge in [-0.15, -0.1) is 11.6 Å². The molecule has 0 aromatic heterocycles. The third-order valence-corrected chi connectivity index (χ3v) is 4.65. The second-order valence-corrected chi connectivity index (χ2v) is 6.11. The SMILES string of the molecule is CCOc1ccc(C(Cl)c2cc(C)c(Br)cc2C)cc1. The van der Waals surface area contributed by atoms with E-state index in [1.54, 1.807) is 0 Å². The Morgan fingerprint density at radius 3 is 2.35 bits per heavy atom. The van der Waals surface area contributed by atoms with Gasteiger partial charge >= 0.3 is 0 Å². The average molecular weight is 354 g/mol. The Morgan fingerprint density at radius 1 is 1.10 bits per heavy atom. The minimum absolute atomic E-state index is 0.141. The Bertz CT molecular complexity index is 593. The van der Waals surface area contributed by atoms with E-state index in [1.807, 2.05) is 31.2 Å². The summed E-state index contributed by atoms with van der Waals surface area (Å²) >= 11 is 10.2. The van der Waals surface area contributed by atoms with Gasteiger partial charge in [0.05, 0.1) is 12.0 Å². The summed E-state index contributed by atoms with van der Waals surface area (Å²) in [5.41, 5.74) is 4.62. The molecule has 0 bridgehead atoms. The van der Waals surface area contributed by atoms with Gasteiger partial charge in [-0.25, -0.2) is 0 Å². The number of hydrogen-bond donors (Lipinski definition) is 0. The fraction of sp³-hybridized carbons (Fsp3) is 0.294. The van der Waals surface area contributed by atoms with Crippen LogP contribution < -0.4 is 4.74 Å². The third-order valence-electron chi connectivity index (χ3n) is 3.30. The number of hydrogen-bond acceptors (Lipinski definition) is 1. The first-order valence-corrected chi connectivity index (χ1v) is 7.89. The third kappa shape index (κ3) is 3.36. The van der Waals surface area contributed by atoms with Gasteiger partial charge in [-0.2, -0.15) is 0 Å². The molecule has 0 heterocycles. The first kappa shape index (κ1) is 15.4. The lowest BCUT2D eigenvalue weighted by atomic mass is 9.98. The largest absolute Gasteiger partial charge is 0.494 e. The van der Waals surface area contributed by atoms with Crippen molar-refractivity contribution in [1.82, 2.24) is 0 Å². The lowest BCUT2D eigenvalue weighted by Gasteiger charge is -2.15. The van der Waals surface area contributed by atoms with Gasteiger partial charge in [0.25, 0.3) is 0 Å². The molecule has 0 N–H and O–H groups in total. The first-order valence-electron chi connectivity index (χ1n) is 6.66. The van der Waals surface area contributed by atoms with E-state index >= 15 is 0 Å². The van der Waals surface area contributed by atoms with Crippen molar-refractivity contribution in [3.05, 3.63) is 63.1 Å². The molecule has 0 saturated carbocycles. The molecular formula is C17H18BrClO. The number of benzene rings is 2. The maximum atomic E-state index is 6.63. The quantitative estimate of drug-likeness (QED) is 0.632. The maximum absolute atomic E-state index is 6.63. The zero-order chi connectivity index (χ0) is 14.7. The summed E-state index contributed by atoms with van der Waals surface area (Å²) in [7, 11) is 0. The van der Waals surface area contributed by atoms with Crippen molar-refractivity contribution in [3.63, 3.8) is 0 Å². The van der Waals surface area contributed by atoms with E-state index in [0.717, 1.165) is 21.3 Å². The van der Waals surface area contributed by atoms with Gasteiger partial charge in [0.1, 0.15) is 5.75 Å². The molecule has 0 fully saturated rings. The summed E-state index contributed by atoms with van der Waals surface area (Å²) in [6.07, 6.45) is 0. The highest BCUT2D eigenvalue weighted by Crippen LogP contribution is 2.34. The van der Waals surface area contributed by atoms with Crippen LogP contribution in [0.5, 0.6) is 5.75 Å². The van der Waals surface area contributed by atoms with Crippen molar-refractivity contribution in [2.75, 3.05) is 6.61 Å². The van der Waals surface area contributed by atoms with E-state index in [4.69, 9.17) is 16.3 Å². The highest BCUT2D eigenvalue weighted by molar-refractivity contribution is 9.10. The van der Waals surface area contributed by atoms with Crippen molar-refractivity contribution in [2.24, 2.45) is 0 Å². The number of rotatable bonds is 4. The summed E-state index contributed by atoms with van der Waals surface area (Å²) < 4.78 is 6.58. The molecule has 0 spiro atoms. The molecule has 3 heteroatoms. The normalized spacial score (nSPS) is 12.2. The molecule has 1 atom stereocenters. The molecule has 106 valence electrons. The van der Waals surface area contributed by atoms with Crippen LogP contribution in [0.4, 0.5) is 0 Å². The lowest BCUT2D eigenvalue weighted by molar-refractivity contribution is 0.340. The molecule has 0 radical (unpaired) electrons. The molecular weight excluding hydrogens is 336 g/mol. The molecule has 2 aromatic rings. The van der Waals surface area contributed by atoms with E-state index in [1.165, 1.54) is 11.1 Å². The fourth-order valence-electron chi connectivity index (χ4n) is 2.16. The molecule has 1 unspecified atom stereocenters. The molecule has 0 aliphatic heterocycles. The van der Waals surface area contributed by atoms with Gasteiger partial charge in [0.15, 0.2) is 0 Å². The zero-order valence-electron chi connectivity index (χ0n) is 11.9. The van der Waals surface area contributed by atoms with Crippen LogP contribution in [-0.2, 0) is 0 Å². The number of aryl methyl sites for hydroxylation is 2. The number of alkyl halides is 1. The monoisotopic (exact) mass is 352 g/mol. The van der Waals surface area contributed by atoms with Gasteiger partial charge in [-0.3, -0.25) is 0 Å². The predicted octanol–water partition coefficient (Wildman–Crippen LogP) is 5.79. The van der Waals surface area contributed by atoms with Crippen molar-refractivity contribution in [3.8, 4) is 5.75 Å². The van der Waals surface area contributed by atoms with Crippen LogP contribution in [0.2, 0.25) is 0 Å². The topological polar surface area (TPSA) is 9.23 Å². The van der Waals surface area contributed by atoms with Crippen LogP contribution in [0, 0.1) is 13.8 Å². The van der Waals surface area contributed by atoms with Gasteiger partial charge in [0.2, 0.25) is 0 Å². The number of halogens is 2. The van der Waals surface area contributed by atoms with Gasteiger partial charge in [0, 0.05) is 4.47 Å². The second kappa shape index (κ2) is 6.64. The summed E-state index contributed by atoms with van der Waals surface area (Å²) in [4.78, 5) is 0. The van der Waals surface area contributed by atoms with Gasteiger partial charge in [-0.05, 0) is 61.2 Å². The first-order chi connectivity index (χ1) is 9.52. The zero-order valence-corrected chi connectivity index (χ0v) is 14.3. The van der Waals surface area contributed by atoms with Crippen molar-refractivity contribution >= 4 is 27.5 Å². The lowest BCUT2D eigenvalue weighted by Crippen LogP contribution is -1.98. The van der Waals surface area contributed by atoms with Crippen molar-refractivity contribution in [1.29, 1.82) is 0 Å². The van der Waals surface area contributed by atoms with E-state index in [0.29, 0.717) is 6.61 Å². The fourth-order valence-corrected chi connectivity index (χ4v) is 2.99. The second-order valence-electron chi connectivity index (χ2n) is 4.82. The number of ether oxygens (including phenoxy) is 1. The molecule has 0 aliphatic carbocycles. The Labute approximate surface area is 134 Å². The molecule has 2 rings (SSSR count). The minimum Gasteiger partial charge on any atom is -0.494 e. The van der Waals surface area contributed by atoms with Crippen molar-refractivity contribution < 1.29 is 4.74 Å². The Morgan fingerprint density at radius 2 is 1.75 bits per heavy atom. The van der Waals surface area contributed by atoms with Crippen LogP contribution in [0.15, 0.2) is 40.9 Å². The highest BCUT2D eigenvalue weighted by atomic mass is 79.9. The molecule has 20 heavy (non-hydrogen) atoms. The Balaban J connectivity index is 2.31.